The molecule has 5 nitrogen and oxygen atoms in total. The largest absolute Gasteiger partial charge is 0.394 e. The van der Waals surface area contributed by atoms with Crippen LogP contribution in [0.3, 0.4) is 0 Å². The average Bonchev–Trinajstić information content (AvgIpc) is 2.43. The summed E-state index contributed by atoms with van der Waals surface area (Å²) in [6.45, 7) is 1.74. The van der Waals surface area contributed by atoms with E-state index < -0.39 is 0 Å². The highest BCUT2D eigenvalue weighted by molar-refractivity contribution is 5.97. The van der Waals surface area contributed by atoms with Crippen LogP contribution in [0.15, 0.2) is 24.3 Å². The Bertz CT molecular complexity index is 437. The van der Waals surface area contributed by atoms with Crippen LogP contribution in [0.5, 0.6) is 0 Å². The fourth-order valence-corrected chi connectivity index (χ4v) is 1.53. The third kappa shape index (κ3) is 5.62. The summed E-state index contributed by atoms with van der Waals surface area (Å²) in [5.41, 5.74) is 1.14. The van der Waals surface area contributed by atoms with Crippen LogP contribution in [0.4, 0.5) is 0 Å². The van der Waals surface area contributed by atoms with E-state index in [1.165, 1.54) is 0 Å². The lowest BCUT2D eigenvalue weighted by atomic mass is 10.1. The van der Waals surface area contributed by atoms with Gasteiger partial charge in [-0.05, 0) is 19.2 Å². The molecule has 0 amide bonds. The maximum absolute atomic E-state index is 11.9. The van der Waals surface area contributed by atoms with Gasteiger partial charge in [-0.2, -0.15) is 5.26 Å². The molecule has 102 valence electrons. The van der Waals surface area contributed by atoms with E-state index in [1.54, 1.807) is 24.3 Å². The fraction of sp³-hybridized carbons (Fsp3) is 0.429. The molecular formula is C14H18N2O3. The van der Waals surface area contributed by atoms with Crippen LogP contribution in [0.25, 0.3) is 0 Å². The number of rotatable bonds is 8. The van der Waals surface area contributed by atoms with Gasteiger partial charge in [0.15, 0.2) is 5.78 Å². The molecule has 0 unspecified atom stereocenters. The minimum absolute atomic E-state index is 0.00782. The third-order valence-electron chi connectivity index (χ3n) is 2.60. The summed E-state index contributed by atoms with van der Waals surface area (Å²) in [7, 11) is 1.84. The number of hydrogen-bond acceptors (Lipinski definition) is 5. The normalized spacial score (nSPS) is 10.4. The summed E-state index contributed by atoms with van der Waals surface area (Å²) in [5.74, 6) is 0.00847. The van der Waals surface area contributed by atoms with Gasteiger partial charge in [0.05, 0.1) is 38.0 Å². The number of nitriles is 1. The van der Waals surface area contributed by atoms with E-state index in [9.17, 15) is 4.79 Å². The van der Waals surface area contributed by atoms with E-state index in [1.807, 2.05) is 18.0 Å². The molecule has 0 saturated carbocycles. The highest BCUT2D eigenvalue weighted by atomic mass is 16.5. The van der Waals surface area contributed by atoms with Crippen LogP contribution in [0, 0.1) is 11.3 Å². The van der Waals surface area contributed by atoms with E-state index in [4.69, 9.17) is 15.1 Å². The van der Waals surface area contributed by atoms with Crippen molar-refractivity contribution in [2.45, 2.75) is 0 Å². The van der Waals surface area contributed by atoms with Crippen molar-refractivity contribution in [3.05, 3.63) is 35.4 Å². The van der Waals surface area contributed by atoms with E-state index in [0.29, 0.717) is 37.4 Å². The molecule has 0 bridgehead atoms. The van der Waals surface area contributed by atoms with Gasteiger partial charge >= 0.3 is 0 Å². The van der Waals surface area contributed by atoms with Gasteiger partial charge in [0.1, 0.15) is 0 Å². The summed E-state index contributed by atoms with van der Waals surface area (Å²) in [5, 5.41) is 17.2. The number of likely N-dealkylation sites (N-methyl/N-ethyl adjacent to an activating group) is 1. The maximum atomic E-state index is 11.9. The molecule has 0 spiro atoms. The first-order valence-corrected chi connectivity index (χ1v) is 6.08. The molecule has 0 aliphatic rings. The number of carbonyl (C=O) groups excluding carboxylic acids is 1. The zero-order chi connectivity index (χ0) is 14.1. The van der Waals surface area contributed by atoms with Crippen molar-refractivity contribution in [2.24, 2.45) is 0 Å². The third-order valence-corrected chi connectivity index (χ3v) is 2.60. The van der Waals surface area contributed by atoms with Gasteiger partial charge < -0.3 is 9.84 Å². The Hall–Kier alpha value is -1.74. The lowest BCUT2D eigenvalue weighted by molar-refractivity contribution is 0.0739. The van der Waals surface area contributed by atoms with Crippen molar-refractivity contribution in [3.63, 3.8) is 0 Å². The number of carbonyl (C=O) groups is 1. The molecule has 1 N–H and O–H groups in total. The minimum atomic E-state index is 0.00782. The van der Waals surface area contributed by atoms with E-state index in [0.717, 1.165) is 0 Å². The number of hydrogen-bond donors (Lipinski definition) is 1. The Labute approximate surface area is 113 Å². The van der Waals surface area contributed by atoms with Crippen molar-refractivity contribution >= 4 is 5.78 Å². The first kappa shape index (κ1) is 15.3. The Morgan fingerprint density at radius 3 is 2.63 bits per heavy atom. The zero-order valence-corrected chi connectivity index (χ0v) is 11.0. The number of nitrogens with zero attached hydrogens (tertiary/aromatic N) is 2. The lowest BCUT2D eigenvalue weighted by Gasteiger charge is -2.15. The van der Waals surface area contributed by atoms with Gasteiger partial charge in [-0.3, -0.25) is 9.69 Å². The summed E-state index contributed by atoms with van der Waals surface area (Å²) in [4.78, 5) is 13.8. The number of ketones is 1. The van der Waals surface area contributed by atoms with Gasteiger partial charge in [0.25, 0.3) is 0 Å². The topological polar surface area (TPSA) is 73.6 Å². The molecule has 0 atom stereocenters. The van der Waals surface area contributed by atoms with Crippen molar-refractivity contribution in [1.82, 2.24) is 4.90 Å². The Kier molecular flexibility index (Phi) is 6.75. The van der Waals surface area contributed by atoms with E-state index >= 15 is 0 Å². The summed E-state index contributed by atoms with van der Waals surface area (Å²) in [6, 6.07) is 8.62. The van der Waals surface area contributed by atoms with Crippen LogP contribution >= 0.6 is 0 Å². The second kappa shape index (κ2) is 8.38. The number of ether oxygens (including phenoxy) is 1. The molecule has 0 aliphatic heterocycles. The second-order valence-corrected chi connectivity index (χ2v) is 4.19. The van der Waals surface area contributed by atoms with Gasteiger partial charge in [0.2, 0.25) is 0 Å². The summed E-state index contributed by atoms with van der Waals surface area (Å²) in [6.07, 6.45) is 0. The molecule has 0 radical (unpaired) electrons. The number of Topliss-reactive ketones (excluding diaryl/α,β-unsaturated/α-hetero) is 1. The number of benzene rings is 1. The Morgan fingerprint density at radius 2 is 2.05 bits per heavy atom. The van der Waals surface area contributed by atoms with Crippen LogP contribution in [-0.2, 0) is 4.74 Å². The standard InChI is InChI=1S/C14H18N2O3/c1-16(6-8-19-9-7-17)11-14(18)13-4-2-12(10-15)3-5-13/h2-5,17H,6-9,11H2,1H3. The van der Waals surface area contributed by atoms with Crippen molar-refractivity contribution in [1.29, 1.82) is 5.26 Å². The predicted octanol–water partition coefficient (Wildman–Crippen LogP) is 0.682. The van der Waals surface area contributed by atoms with Crippen LogP contribution < -0.4 is 0 Å². The second-order valence-electron chi connectivity index (χ2n) is 4.19. The van der Waals surface area contributed by atoms with Gasteiger partial charge in [-0.25, -0.2) is 0 Å². The first-order chi connectivity index (χ1) is 9.17. The molecule has 19 heavy (non-hydrogen) atoms. The van der Waals surface area contributed by atoms with Crippen LogP contribution in [0.2, 0.25) is 0 Å². The van der Waals surface area contributed by atoms with Crippen molar-refractivity contribution in [2.75, 3.05) is 40.0 Å². The zero-order valence-electron chi connectivity index (χ0n) is 11.0. The average molecular weight is 262 g/mol. The van der Waals surface area contributed by atoms with Crippen LogP contribution in [-0.4, -0.2) is 55.7 Å². The van der Waals surface area contributed by atoms with E-state index in [-0.39, 0.29) is 12.4 Å². The number of aliphatic hydroxyl groups excluding tert-OH is 1. The molecule has 1 aromatic carbocycles. The van der Waals surface area contributed by atoms with Crippen molar-refractivity contribution < 1.29 is 14.6 Å². The highest BCUT2D eigenvalue weighted by Crippen LogP contribution is 2.05. The molecular weight excluding hydrogens is 244 g/mol. The Morgan fingerprint density at radius 1 is 1.37 bits per heavy atom. The molecule has 0 aromatic heterocycles. The van der Waals surface area contributed by atoms with E-state index in [2.05, 4.69) is 0 Å². The molecule has 0 fully saturated rings. The molecule has 0 heterocycles. The summed E-state index contributed by atoms with van der Waals surface area (Å²) >= 11 is 0. The van der Waals surface area contributed by atoms with Gasteiger partial charge in [-0.1, -0.05) is 12.1 Å². The Balaban J connectivity index is 2.39. The van der Waals surface area contributed by atoms with Gasteiger partial charge in [0, 0.05) is 12.1 Å². The molecule has 5 heteroatoms. The maximum Gasteiger partial charge on any atom is 0.176 e. The monoisotopic (exact) mass is 262 g/mol. The number of aliphatic hydroxyl groups is 1. The molecule has 0 saturated heterocycles. The highest BCUT2D eigenvalue weighted by Gasteiger charge is 2.09. The fourth-order valence-electron chi connectivity index (χ4n) is 1.53. The minimum Gasteiger partial charge on any atom is -0.394 e. The van der Waals surface area contributed by atoms with Gasteiger partial charge in [-0.15, -0.1) is 0 Å². The lowest BCUT2D eigenvalue weighted by Crippen LogP contribution is -2.29. The quantitative estimate of drug-likeness (QED) is 0.551. The van der Waals surface area contributed by atoms with Crippen molar-refractivity contribution in [3.8, 4) is 6.07 Å². The SMILES string of the molecule is CN(CCOCCO)CC(=O)c1ccc(C#N)cc1. The predicted molar refractivity (Wildman–Crippen MR) is 70.9 cm³/mol. The smallest absolute Gasteiger partial charge is 0.176 e. The molecule has 1 rings (SSSR count). The summed E-state index contributed by atoms with van der Waals surface area (Å²) < 4.78 is 5.13. The molecule has 1 aromatic rings. The first-order valence-electron chi connectivity index (χ1n) is 6.08. The van der Waals surface area contributed by atoms with Crippen LogP contribution in [0.1, 0.15) is 15.9 Å². The molecule has 0 aliphatic carbocycles.